The maximum Gasteiger partial charge on any atom is 0.307 e. The summed E-state index contributed by atoms with van der Waals surface area (Å²) in [6.07, 6.45) is 0.677. The van der Waals surface area contributed by atoms with Crippen LogP contribution in [0.5, 0.6) is 11.5 Å². The Hall–Kier alpha value is -3.80. The van der Waals surface area contributed by atoms with Crippen LogP contribution in [-0.4, -0.2) is 38.8 Å². The number of fused-ring (bicyclic) bond motifs is 1. The summed E-state index contributed by atoms with van der Waals surface area (Å²) >= 11 is 0. The number of rotatable bonds is 6. The number of carbonyl (C=O) groups excluding carboxylic acids is 1. The van der Waals surface area contributed by atoms with Gasteiger partial charge < -0.3 is 19.1 Å². The van der Waals surface area contributed by atoms with Crippen LogP contribution >= 0.6 is 0 Å². The number of nitrogens with zero attached hydrogens (tertiary/aromatic N) is 3. The van der Waals surface area contributed by atoms with Gasteiger partial charge in [-0.2, -0.15) is 5.26 Å². The second-order valence-corrected chi connectivity index (χ2v) is 6.72. The van der Waals surface area contributed by atoms with E-state index in [2.05, 4.69) is 0 Å². The van der Waals surface area contributed by atoms with E-state index in [1.807, 2.05) is 23.1 Å². The molecule has 1 atom stereocenters. The van der Waals surface area contributed by atoms with Gasteiger partial charge in [0.15, 0.2) is 11.5 Å². The van der Waals surface area contributed by atoms with Crippen molar-refractivity contribution in [2.24, 2.45) is 0 Å². The molecule has 2 aromatic carbocycles. The number of nitro groups is 1. The Morgan fingerprint density at radius 2 is 1.93 bits per heavy atom. The van der Waals surface area contributed by atoms with E-state index in [1.54, 1.807) is 13.2 Å². The van der Waals surface area contributed by atoms with E-state index >= 15 is 0 Å². The molecule has 30 heavy (non-hydrogen) atoms. The van der Waals surface area contributed by atoms with Crippen molar-refractivity contribution in [2.45, 2.75) is 18.9 Å². The molecular weight excluding hydrogens is 390 g/mol. The van der Waals surface area contributed by atoms with Crippen molar-refractivity contribution in [1.29, 1.82) is 5.26 Å². The zero-order chi connectivity index (χ0) is 21.8. The van der Waals surface area contributed by atoms with Crippen LogP contribution < -0.4 is 14.4 Å². The lowest BCUT2D eigenvalue weighted by molar-refractivity contribution is -0.384. The summed E-state index contributed by atoms with van der Waals surface area (Å²) < 4.78 is 15.7. The predicted molar refractivity (Wildman–Crippen MR) is 108 cm³/mol. The highest BCUT2D eigenvalue weighted by Crippen LogP contribution is 2.42. The van der Waals surface area contributed by atoms with Crippen molar-refractivity contribution in [3.05, 3.63) is 57.1 Å². The van der Waals surface area contributed by atoms with Crippen LogP contribution in [0, 0.1) is 21.4 Å². The van der Waals surface area contributed by atoms with E-state index in [4.69, 9.17) is 14.2 Å². The zero-order valence-electron chi connectivity index (χ0n) is 16.9. The molecule has 9 heteroatoms. The summed E-state index contributed by atoms with van der Waals surface area (Å²) in [5.41, 5.74) is 2.38. The van der Waals surface area contributed by atoms with Crippen molar-refractivity contribution < 1.29 is 23.9 Å². The molecule has 1 heterocycles. The van der Waals surface area contributed by atoms with Gasteiger partial charge in [0.05, 0.1) is 50.0 Å². The molecular formula is C21H21N3O6. The molecule has 1 aliphatic heterocycles. The minimum atomic E-state index is -0.542. The van der Waals surface area contributed by atoms with E-state index < -0.39 is 16.9 Å². The molecule has 0 bridgehead atoms. The highest BCUT2D eigenvalue weighted by Gasteiger charge is 2.33. The van der Waals surface area contributed by atoms with Crippen molar-refractivity contribution >= 4 is 17.3 Å². The Labute approximate surface area is 173 Å². The number of nitriles is 1. The SMILES string of the molecule is COC(=O)C[C@@H]1c2cc(OC)c(OC)cc2CCN1c1ccc([N+](=O)[O-])cc1C#N. The van der Waals surface area contributed by atoms with Gasteiger partial charge in [0.2, 0.25) is 0 Å². The maximum atomic E-state index is 12.2. The lowest BCUT2D eigenvalue weighted by Gasteiger charge is -2.39. The number of ether oxygens (including phenoxy) is 3. The Kier molecular flexibility index (Phi) is 6.06. The number of anilines is 1. The van der Waals surface area contributed by atoms with Gasteiger partial charge in [-0.15, -0.1) is 0 Å². The number of benzene rings is 2. The minimum Gasteiger partial charge on any atom is -0.493 e. The number of carbonyl (C=O) groups is 1. The molecule has 0 radical (unpaired) electrons. The Balaban J connectivity index is 2.13. The van der Waals surface area contributed by atoms with Crippen LogP contribution in [0.1, 0.15) is 29.2 Å². The Morgan fingerprint density at radius 3 is 2.53 bits per heavy atom. The first kappa shape index (κ1) is 20.9. The lowest BCUT2D eigenvalue weighted by atomic mass is 9.89. The summed E-state index contributed by atoms with van der Waals surface area (Å²) in [6, 6.07) is 9.46. The smallest absolute Gasteiger partial charge is 0.307 e. The van der Waals surface area contributed by atoms with Crippen LogP contribution in [-0.2, 0) is 16.0 Å². The third-order valence-corrected chi connectivity index (χ3v) is 5.21. The quantitative estimate of drug-likeness (QED) is 0.404. The molecule has 0 amide bonds. The highest BCUT2D eigenvalue weighted by molar-refractivity contribution is 5.73. The fourth-order valence-electron chi connectivity index (χ4n) is 3.76. The van der Waals surface area contributed by atoms with Crippen molar-refractivity contribution in [2.75, 3.05) is 32.8 Å². The molecule has 0 fully saturated rings. The van der Waals surface area contributed by atoms with Gasteiger partial charge >= 0.3 is 5.97 Å². The molecule has 0 aliphatic carbocycles. The molecule has 0 N–H and O–H groups in total. The van der Waals surface area contributed by atoms with Gasteiger partial charge in [0.1, 0.15) is 6.07 Å². The van der Waals surface area contributed by atoms with Gasteiger partial charge in [0.25, 0.3) is 5.69 Å². The van der Waals surface area contributed by atoms with Crippen LogP contribution in [0.15, 0.2) is 30.3 Å². The lowest BCUT2D eigenvalue weighted by Crippen LogP contribution is -2.37. The predicted octanol–water partition coefficient (Wildman–Crippen LogP) is 3.15. The van der Waals surface area contributed by atoms with E-state index in [9.17, 15) is 20.2 Å². The normalized spacial score (nSPS) is 15.0. The largest absolute Gasteiger partial charge is 0.493 e. The molecule has 0 saturated carbocycles. The van der Waals surface area contributed by atoms with E-state index in [-0.39, 0.29) is 17.7 Å². The molecule has 2 aromatic rings. The number of methoxy groups -OCH3 is 3. The summed E-state index contributed by atoms with van der Waals surface area (Å²) in [7, 11) is 4.41. The topological polar surface area (TPSA) is 115 Å². The van der Waals surface area contributed by atoms with E-state index in [0.717, 1.165) is 11.1 Å². The number of hydrogen-bond acceptors (Lipinski definition) is 8. The average molecular weight is 411 g/mol. The average Bonchev–Trinajstić information content (AvgIpc) is 2.77. The molecule has 156 valence electrons. The fourth-order valence-corrected chi connectivity index (χ4v) is 3.76. The third kappa shape index (κ3) is 3.85. The first-order valence-electron chi connectivity index (χ1n) is 9.20. The maximum absolute atomic E-state index is 12.2. The highest BCUT2D eigenvalue weighted by atomic mass is 16.6. The molecule has 0 saturated heterocycles. The standard InChI is InChI=1S/C21H21N3O6/c1-28-19-9-13-6-7-23(17-5-4-15(24(26)27)8-14(17)12-22)18(11-21(25)30-3)16(13)10-20(19)29-2/h4-5,8-10,18H,6-7,11H2,1-3H3/t18-/m1/s1. The number of nitro benzene ring substituents is 1. The summed E-state index contributed by atoms with van der Waals surface area (Å²) in [4.78, 5) is 24.6. The van der Waals surface area contributed by atoms with Gasteiger partial charge in [0, 0.05) is 18.7 Å². The van der Waals surface area contributed by atoms with Crippen LogP contribution in [0.4, 0.5) is 11.4 Å². The summed E-state index contributed by atoms with van der Waals surface area (Å²) in [6.45, 7) is 0.511. The summed E-state index contributed by atoms with van der Waals surface area (Å²) in [5.74, 6) is 0.708. The molecule has 9 nitrogen and oxygen atoms in total. The minimum absolute atomic E-state index is 0.0425. The van der Waals surface area contributed by atoms with Gasteiger partial charge in [-0.1, -0.05) is 0 Å². The van der Waals surface area contributed by atoms with Crippen LogP contribution in [0.2, 0.25) is 0 Å². The van der Waals surface area contributed by atoms with E-state index in [0.29, 0.717) is 30.2 Å². The fraction of sp³-hybridized carbons (Fsp3) is 0.333. The third-order valence-electron chi connectivity index (χ3n) is 5.21. The Bertz CT molecular complexity index is 1030. The molecule has 0 unspecified atom stereocenters. The Morgan fingerprint density at radius 1 is 1.23 bits per heavy atom. The second kappa shape index (κ2) is 8.69. The van der Waals surface area contributed by atoms with E-state index in [1.165, 1.54) is 26.4 Å². The van der Waals surface area contributed by atoms with Gasteiger partial charge in [-0.05, 0) is 35.7 Å². The molecule has 0 aromatic heterocycles. The van der Waals surface area contributed by atoms with Gasteiger partial charge in [-0.3, -0.25) is 14.9 Å². The van der Waals surface area contributed by atoms with Crippen molar-refractivity contribution in [1.82, 2.24) is 0 Å². The molecule has 0 spiro atoms. The van der Waals surface area contributed by atoms with Crippen molar-refractivity contribution in [3.63, 3.8) is 0 Å². The van der Waals surface area contributed by atoms with Crippen molar-refractivity contribution in [3.8, 4) is 17.6 Å². The van der Waals surface area contributed by atoms with Gasteiger partial charge in [-0.25, -0.2) is 0 Å². The number of esters is 1. The number of hydrogen-bond donors (Lipinski definition) is 0. The zero-order valence-corrected chi connectivity index (χ0v) is 16.9. The monoisotopic (exact) mass is 411 g/mol. The molecule has 3 rings (SSSR count). The summed E-state index contributed by atoms with van der Waals surface area (Å²) in [5, 5.41) is 20.7. The number of non-ortho nitro benzene ring substituents is 1. The molecule has 1 aliphatic rings. The van der Waals surface area contributed by atoms with Crippen LogP contribution in [0.25, 0.3) is 0 Å². The van der Waals surface area contributed by atoms with Crippen LogP contribution in [0.3, 0.4) is 0 Å². The first-order chi connectivity index (χ1) is 14.4. The second-order valence-electron chi connectivity index (χ2n) is 6.72. The first-order valence-corrected chi connectivity index (χ1v) is 9.20.